The van der Waals surface area contributed by atoms with Gasteiger partial charge >= 0.3 is 0 Å². The van der Waals surface area contributed by atoms with Crippen LogP contribution in [-0.4, -0.2) is 24.7 Å². The van der Waals surface area contributed by atoms with Crippen LogP contribution >= 0.6 is 34.4 Å². The van der Waals surface area contributed by atoms with Crippen LogP contribution in [0.1, 0.15) is 17.4 Å². The minimum Gasteiger partial charge on any atom is -0.301 e. The second-order valence-corrected chi connectivity index (χ2v) is 8.38. The van der Waals surface area contributed by atoms with Crippen LogP contribution in [0, 0.1) is 13.8 Å². The highest BCUT2D eigenvalue weighted by Crippen LogP contribution is 2.37. The zero-order valence-corrected chi connectivity index (χ0v) is 15.9. The van der Waals surface area contributed by atoms with Gasteiger partial charge in [0.05, 0.1) is 4.88 Å². The van der Waals surface area contributed by atoms with Gasteiger partial charge in [-0.05, 0) is 49.5 Å². The molecule has 0 aromatic carbocycles. The molecule has 4 aromatic rings. The largest absolute Gasteiger partial charge is 0.301 e. The number of rotatable bonds is 4. The number of hydrogen-bond donors (Lipinski definition) is 0. The minimum absolute atomic E-state index is 0.818. The molecule has 0 spiro atoms. The van der Waals surface area contributed by atoms with E-state index in [0.717, 1.165) is 37.6 Å². The van der Waals surface area contributed by atoms with Gasteiger partial charge in [0.1, 0.15) is 16.2 Å². The lowest BCUT2D eigenvalue weighted by atomic mass is 10.2. The van der Waals surface area contributed by atoms with Gasteiger partial charge in [0.15, 0.2) is 11.0 Å². The Hall–Kier alpha value is -1.77. The van der Waals surface area contributed by atoms with E-state index in [1.54, 1.807) is 40.8 Å². The molecule has 4 rings (SSSR count). The van der Waals surface area contributed by atoms with Crippen molar-refractivity contribution in [2.24, 2.45) is 0 Å². The van der Waals surface area contributed by atoms with Crippen LogP contribution in [0.5, 0.6) is 0 Å². The minimum atomic E-state index is 0.818. The van der Waals surface area contributed by atoms with E-state index in [1.165, 1.54) is 10.4 Å². The fourth-order valence-corrected chi connectivity index (χ4v) is 5.36. The van der Waals surface area contributed by atoms with Crippen molar-refractivity contribution in [3.05, 3.63) is 34.3 Å². The Morgan fingerprint density at radius 2 is 2.08 bits per heavy atom. The summed E-state index contributed by atoms with van der Waals surface area (Å²) in [6, 6.07) is 4.11. The monoisotopic (exact) mass is 373 g/mol. The molecule has 0 radical (unpaired) electrons. The molecule has 4 heterocycles. The van der Waals surface area contributed by atoms with Crippen LogP contribution in [0.4, 0.5) is 0 Å². The van der Waals surface area contributed by atoms with Gasteiger partial charge in [0, 0.05) is 16.8 Å². The normalized spacial score (nSPS) is 11.5. The molecule has 0 saturated heterocycles. The summed E-state index contributed by atoms with van der Waals surface area (Å²) in [4.78, 5) is 12.4. The number of hydrogen-bond acceptors (Lipinski definition) is 7. The van der Waals surface area contributed by atoms with Gasteiger partial charge in [-0.2, -0.15) is 0 Å². The molecule has 5 nitrogen and oxygen atoms in total. The van der Waals surface area contributed by atoms with Gasteiger partial charge < -0.3 is 4.57 Å². The number of aryl methyl sites for hydroxylation is 2. The maximum Gasteiger partial charge on any atom is 0.197 e. The molecule has 0 unspecified atom stereocenters. The lowest BCUT2D eigenvalue weighted by molar-refractivity contribution is 0.687. The molecule has 0 aliphatic heterocycles. The summed E-state index contributed by atoms with van der Waals surface area (Å²) in [5.74, 6) is 0.915. The van der Waals surface area contributed by atoms with Crippen molar-refractivity contribution in [3.63, 3.8) is 0 Å². The third-order valence-electron chi connectivity index (χ3n) is 3.89. The smallest absolute Gasteiger partial charge is 0.197 e. The number of thiophene rings is 2. The fraction of sp³-hybridized carbons (Fsp3) is 0.250. The van der Waals surface area contributed by atoms with Crippen molar-refractivity contribution < 1.29 is 0 Å². The summed E-state index contributed by atoms with van der Waals surface area (Å²) >= 11 is 4.95. The molecule has 24 heavy (non-hydrogen) atoms. The van der Waals surface area contributed by atoms with E-state index in [2.05, 4.69) is 57.0 Å². The zero-order valence-electron chi connectivity index (χ0n) is 13.5. The van der Waals surface area contributed by atoms with Crippen LogP contribution in [0.15, 0.2) is 34.0 Å². The lowest BCUT2D eigenvalue weighted by Crippen LogP contribution is -1.99. The molecule has 4 aromatic heterocycles. The Labute approximate surface area is 151 Å². The fourth-order valence-electron chi connectivity index (χ4n) is 2.55. The molecule has 0 fully saturated rings. The predicted molar refractivity (Wildman–Crippen MR) is 100 cm³/mol. The van der Waals surface area contributed by atoms with Gasteiger partial charge in [0.25, 0.3) is 0 Å². The first-order valence-electron chi connectivity index (χ1n) is 7.54. The highest BCUT2D eigenvalue weighted by molar-refractivity contribution is 7.99. The third-order valence-corrected chi connectivity index (χ3v) is 6.86. The summed E-state index contributed by atoms with van der Waals surface area (Å²) in [5, 5.41) is 13.8. The van der Waals surface area contributed by atoms with Crippen molar-refractivity contribution in [2.75, 3.05) is 0 Å². The van der Waals surface area contributed by atoms with Crippen LogP contribution < -0.4 is 0 Å². The molecular formula is C16H15N5S3. The van der Waals surface area contributed by atoms with Crippen LogP contribution in [0.3, 0.4) is 0 Å². The Kier molecular flexibility index (Phi) is 4.11. The summed E-state index contributed by atoms with van der Waals surface area (Å²) < 4.78 is 2.14. The molecule has 0 aliphatic rings. The van der Waals surface area contributed by atoms with E-state index in [-0.39, 0.29) is 0 Å². The van der Waals surface area contributed by atoms with E-state index >= 15 is 0 Å². The summed E-state index contributed by atoms with van der Waals surface area (Å²) in [7, 11) is 0. The van der Waals surface area contributed by atoms with Gasteiger partial charge in [-0.1, -0.05) is 6.07 Å². The van der Waals surface area contributed by atoms with E-state index < -0.39 is 0 Å². The quantitative estimate of drug-likeness (QED) is 0.481. The van der Waals surface area contributed by atoms with Crippen LogP contribution in [0.2, 0.25) is 0 Å². The zero-order chi connectivity index (χ0) is 16.7. The highest BCUT2D eigenvalue weighted by Gasteiger charge is 2.18. The van der Waals surface area contributed by atoms with Crippen molar-refractivity contribution in [2.45, 2.75) is 37.5 Å². The van der Waals surface area contributed by atoms with Crippen LogP contribution in [0.25, 0.3) is 20.9 Å². The second kappa shape index (κ2) is 6.27. The highest BCUT2D eigenvalue weighted by atomic mass is 32.2. The average molecular weight is 374 g/mol. The summed E-state index contributed by atoms with van der Waals surface area (Å²) in [6.45, 7) is 7.18. The van der Waals surface area contributed by atoms with Crippen molar-refractivity contribution in [1.29, 1.82) is 0 Å². The topological polar surface area (TPSA) is 56.5 Å². The van der Waals surface area contributed by atoms with Crippen molar-refractivity contribution in [1.82, 2.24) is 24.7 Å². The first-order chi connectivity index (χ1) is 11.7. The first-order valence-corrected chi connectivity index (χ1v) is 10.1. The van der Waals surface area contributed by atoms with Gasteiger partial charge in [-0.15, -0.1) is 32.9 Å². The molecule has 0 atom stereocenters. The Balaban J connectivity index is 1.79. The van der Waals surface area contributed by atoms with E-state index in [9.17, 15) is 0 Å². The van der Waals surface area contributed by atoms with Crippen LogP contribution in [-0.2, 0) is 6.54 Å². The first kappa shape index (κ1) is 15.7. The number of nitrogens with zero attached hydrogens (tertiary/aromatic N) is 5. The van der Waals surface area contributed by atoms with E-state index in [1.807, 2.05) is 6.07 Å². The molecule has 8 heteroatoms. The maximum absolute atomic E-state index is 4.50. The van der Waals surface area contributed by atoms with Crippen molar-refractivity contribution in [3.8, 4) is 10.7 Å². The number of aromatic nitrogens is 5. The predicted octanol–water partition coefficient (Wildman–Crippen LogP) is 4.80. The van der Waals surface area contributed by atoms with E-state index in [4.69, 9.17) is 0 Å². The molecule has 0 bridgehead atoms. The Bertz CT molecular complexity index is 1000. The Morgan fingerprint density at radius 1 is 1.21 bits per heavy atom. The summed E-state index contributed by atoms with van der Waals surface area (Å²) in [6.07, 6.45) is 1.63. The van der Waals surface area contributed by atoms with E-state index in [0.29, 0.717) is 0 Å². The molecule has 0 saturated carbocycles. The Morgan fingerprint density at radius 3 is 2.83 bits per heavy atom. The molecule has 0 N–H and O–H groups in total. The second-order valence-electron chi connectivity index (χ2n) is 5.27. The van der Waals surface area contributed by atoms with Gasteiger partial charge in [0.2, 0.25) is 0 Å². The van der Waals surface area contributed by atoms with Gasteiger partial charge in [-0.3, -0.25) is 0 Å². The average Bonchev–Trinajstić information content (AvgIpc) is 3.28. The third kappa shape index (κ3) is 2.54. The molecule has 0 aliphatic carbocycles. The van der Waals surface area contributed by atoms with Gasteiger partial charge in [-0.25, -0.2) is 9.97 Å². The lowest BCUT2D eigenvalue weighted by Gasteiger charge is -2.06. The molecule has 122 valence electrons. The summed E-state index contributed by atoms with van der Waals surface area (Å²) in [5.41, 5.74) is 1.25. The molecule has 0 amide bonds. The number of fused-ring (bicyclic) bond motifs is 1. The SMILES string of the molecule is CCn1c(Sc2ncnc3sc(C)c(C)c23)nnc1-c1cccs1. The van der Waals surface area contributed by atoms with Crippen molar-refractivity contribution >= 4 is 44.7 Å². The molecular weight excluding hydrogens is 358 g/mol. The maximum atomic E-state index is 4.50. The standard InChI is InChI=1S/C16H15N5S3/c1-4-21-13(11-6-5-7-22-11)19-20-16(21)24-15-12-9(2)10(3)23-14(12)17-8-18-15/h5-8H,4H2,1-3H3.